The van der Waals surface area contributed by atoms with E-state index in [1.54, 1.807) is 6.92 Å². The van der Waals surface area contributed by atoms with E-state index in [1.807, 2.05) is 0 Å². The summed E-state index contributed by atoms with van der Waals surface area (Å²) in [5, 5.41) is 10.6. The van der Waals surface area contributed by atoms with Crippen LogP contribution in [0, 0.1) is 10.1 Å². The van der Waals surface area contributed by atoms with Crippen molar-refractivity contribution in [3.05, 3.63) is 38.9 Å². The molecule has 1 aromatic rings. The molecule has 2 rings (SSSR count). The lowest BCUT2D eigenvalue weighted by Crippen LogP contribution is -2.29. The molecule has 8 heteroatoms. The third-order valence-corrected chi connectivity index (χ3v) is 5.70. The monoisotopic (exact) mass is 344 g/mol. The molecule has 0 aromatic heterocycles. The molecular formula is C14H15ClNO5S-. The Morgan fingerprint density at radius 3 is 2.41 bits per heavy atom. The molecule has 0 amide bonds. The van der Waals surface area contributed by atoms with Crippen molar-refractivity contribution in [2.45, 2.75) is 43.8 Å². The number of rotatable bonds is 5. The molecule has 0 spiro atoms. The third kappa shape index (κ3) is 2.80. The maximum absolute atomic E-state index is 11.8. The molecule has 22 heavy (non-hydrogen) atoms. The molecule has 1 aromatic carbocycles. The Labute approximate surface area is 135 Å². The SMILES string of the molecule is CCc1cc(C2(S(=O)[O-])CCCC2)c([N+](=O)[O-])cc1C(=O)Cl. The van der Waals surface area contributed by atoms with E-state index in [9.17, 15) is 23.7 Å². The molecule has 1 aliphatic carbocycles. The van der Waals surface area contributed by atoms with Gasteiger partial charge in [0.1, 0.15) is 0 Å². The molecule has 1 fully saturated rings. The van der Waals surface area contributed by atoms with Crippen LogP contribution >= 0.6 is 11.6 Å². The average Bonchev–Trinajstić information content (AvgIpc) is 2.96. The number of hydrogen-bond donors (Lipinski definition) is 0. The Morgan fingerprint density at radius 2 is 2.00 bits per heavy atom. The highest BCUT2D eigenvalue weighted by atomic mass is 35.5. The normalized spacial score (nSPS) is 18.1. The number of carbonyl (C=O) groups is 1. The van der Waals surface area contributed by atoms with E-state index < -0.39 is 26.0 Å². The molecule has 0 N–H and O–H groups in total. The van der Waals surface area contributed by atoms with E-state index in [1.165, 1.54) is 6.07 Å². The molecule has 0 heterocycles. The largest absolute Gasteiger partial charge is 0.772 e. The molecule has 0 aliphatic heterocycles. The summed E-state index contributed by atoms with van der Waals surface area (Å²) in [6.07, 6.45) is 2.52. The lowest BCUT2D eigenvalue weighted by Gasteiger charge is -2.32. The predicted octanol–water partition coefficient (Wildman–Crippen LogP) is 3.18. The van der Waals surface area contributed by atoms with Crippen LogP contribution in [-0.4, -0.2) is 18.9 Å². The van der Waals surface area contributed by atoms with Gasteiger partial charge >= 0.3 is 0 Å². The van der Waals surface area contributed by atoms with Crippen molar-refractivity contribution in [3.8, 4) is 0 Å². The van der Waals surface area contributed by atoms with Gasteiger partial charge < -0.3 is 4.55 Å². The van der Waals surface area contributed by atoms with Gasteiger partial charge in [0.05, 0.1) is 9.67 Å². The fraction of sp³-hybridized carbons (Fsp3) is 0.500. The molecular weight excluding hydrogens is 330 g/mol. The van der Waals surface area contributed by atoms with Gasteiger partial charge in [0, 0.05) is 17.2 Å². The highest BCUT2D eigenvalue weighted by Gasteiger charge is 2.42. The van der Waals surface area contributed by atoms with Gasteiger partial charge in [-0.05, 0) is 53.6 Å². The fourth-order valence-electron chi connectivity index (χ4n) is 3.10. The first kappa shape index (κ1) is 17.1. The zero-order valence-corrected chi connectivity index (χ0v) is 13.5. The van der Waals surface area contributed by atoms with Crippen LogP contribution in [0.15, 0.2) is 12.1 Å². The Hall–Kier alpha value is -1.31. The number of hydrogen-bond acceptors (Lipinski definition) is 5. The quantitative estimate of drug-likeness (QED) is 0.353. The number of nitro benzene ring substituents is 1. The molecule has 120 valence electrons. The number of halogens is 1. The Bertz CT molecular complexity index is 655. The van der Waals surface area contributed by atoms with Gasteiger partial charge in [0.25, 0.3) is 10.9 Å². The molecule has 0 bridgehead atoms. The van der Waals surface area contributed by atoms with Gasteiger partial charge in [-0.3, -0.25) is 19.1 Å². The molecule has 6 nitrogen and oxygen atoms in total. The van der Waals surface area contributed by atoms with E-state index >= 15 is 0 Å². The molecule has 1 saturated carbocycles. The summed E-state index contributed by atoms with van der Waals surface area (Å²) in [7, 11) is 0. The second-order valence-electron chi connectivity index (χ2n) is 5.35. The van der Waals surface area contributed by atoms with Gasteiger partial charge in [-0.2, -0.15) is 0 Å². The summed E-state index contributed by atoms with van der Waals surface area (Å²) in [4.78, 5) is 22.2. The van der Waals surface area contributed by atoms with Gasteiger partial charge in [-0.1, -0.05) is 19.8 Å². The standard InChI is InChI=1S/C14H16ClNO5S/c1-2-9-7-11(14(22(20)21)5-3-4-6-14)12(16(18)19)8-10(9)13(15)17/h7-8H,2-6H2,1H3,(H,20,21)/p-1. The van der Waals surface area contributed by atoms with Crippen LogP contribution in [0.25, 0.3) is 0 Å². The minimum absolute atomic E-state index is 0.0597. The van der Waals surface area contributed by atoms with Gasteiger partial charge in [-0.25, -0.2) is 0 Å². The van der Waals surface area contributed by atoms with E-state index in [-0.39, 0.29) is 16.8 Å². The van der Waals surface area contributed by atoms with Crippen molar-refractivity contribution in [1.82, 2.24) is 0 Å². The number of benzene rings is 1. The van der Waals surface area contributed by atoms with E-state index in [2.05, 4.69) is 0 Å². The topological polar surface area (TPSA) is 100 Å². The molecule has 0 radical (unpaired) electrons. The molecule has 0 saturated heterocycles. The molecule has 1 unspecified atom stereocenters. The first-order valence-electron chi connectivity index (χ1n) is 6.94. The van der Waals surface area contributed by atoms with Crippen LogP contribution in [0.1, 0.15) is 54.1 Å². The highest BCUT2D eigenvalue weighted by Crippen LogP contribution is 2.47. The summed E-state index contributed by atoms with van der Waals surface area (Å²) in [6.45, 7) is 1.78. The fourth-order valence-corrected chi connectivity index (χ4v) is 4.24. The van der Waals surface area contributed by atoms with Crippen molar-refractivity contribution < 1.29 is 18.5 Å². The van der Waals surface area contributed by atoms with Crippen LogP contribution in [-0.2, 0) is 22.2 Å². The second kappa shape index (κ2) is 6.44. The number of nitrogens with zero attached hydrogens (tertiary/aromatic N) is 1. The van der Waals surface area contributed by atoms with Crippen LogP contribution < -0.4 is 0 Å². The minimum Gasteiger partial charge on any atom is -0.772 e. The van der Waals surface area contributed by atoms with Gasteiger partial charge in [0.15, 0.2) is 0 Å². The van der Waals surface area contributed by atoms with Gasteiger partial charge in [-0.15, -0.1) is 0 Å². The van der Waals surface area contributed by atoms with Crippen molar-refractivity contribution in [2.24, 2.45) is 0 Å². The third-order valence-electron chi connectivity index (χ3n) is 4.23. The van der Waals surface area contributed by atoms with Crippen LogP contribution in [0.2, 0.25) is 0 Å². The summed E-state index contributed by atoms with van der Waals surface area (Å²) in [5.74, 6) is 0. The lowest BCUT2D eigenvalue weighted by molar-refractivity contribution is -0.385. The second-order valence-corrected chi connectivity index (χ2v) is 6.94. The number of nitro groups is 1. The first-order valence-corrected chi connectivity index (χ1v) is 8.39. The highest BCUT2D eigenvalue weighted by molar-refractivity contribution is 7.80. The summed E-state index contributed by atoms with van der Waals surface area (Å²) < 4.78 is 22.4. The zero-order chi connectivity index (χ0) is 16.5. The van der Waals surface area contributed by atoms with Crippen LogP contribution in [0.4, 0.5) is 5.69 Å². The van der Waals surface area contributed by atoms with Crippen molar-refractivity contribution in [2.75, 3.05) is 0 Å². The maximum atomic E-state index is 11.8. The average molecular weight is 345 g/mol. The Balaban J connectivity index is 2.76. The minimum atomic E-state index is -2.48. The smallest absolute Gasteiger partial charge is 0.274 e. The predicted molar refractivity (Wildman–Crippen MR) is 81.7 cm³/mol. The maximum Gasteiger partial charge on any atom is 0.274 e. The summed E-state index contributed by atoms with van der Waals surface area (Å²) in [5.41, 5.74) is 0.399. The first-order chi connectivity index (χ1) is 10.3. The van der Waals surface area contributed by atoms with Crippen molar-refractivity contribution >= 4 is 33.6 Å². The Morgan fingerprint density at radius 1 is 1.41 bits per heavy atom. The van der Waals surface area contributed by atoms with Gasteiger partial charge in [0.2, 0.25) is 0 Å². The number of aryl methyl sites for hydroxylation is 1. The molecule has 1 atom stereocenters. The van der Waals surface area contributed by atoms with Crippen LogP contribution in [0.5, 0.6) is 0 Å². The molecule has 1 aliphatic rings. The van der Waals surface area contributed by atoms with E-state index in [4.69, 9.17) is 11.6 Å². The Kier molecular flexibility index (Phi) is 4.99. The summed E-state index contributed by atoms with van der Waals surface area (Å²) in [6, 6.07) is 2.57. The zero-order valence-electron chi connectivity index (χ0n) is 12.0. The van der Waals surface area contributed by atoms with Crippen molar-refractivity contribution in [1.29, 1.82) is 0 Å². The van der Waals surface area contributed by atoms with Crippen molar-refractivity contribution in [3.63, 3.8) is 0 Å². The van der Waals surface area contributed by atoms with E-state index in [0.717, 1.165) is 6.07 Å². The summed E-state index contributed by atoms with van der Waals surface area (Å²) >= 11 is 3.01. The van der Waals surface area contributed by atoms with E-state index in [0.29, 0.717) is 37.7 Å². The van der Waals surface area contributed by atoms with Crippen LogP contribution in [0.3, 0.4) is 0 Å². The number of carbonyl (C=O) groups excluding carboxylic acids is 1. The lowest BCUT2D eigenvalue weighted by atomic mass is 9.90.